The number of carboxylic acids is 1. The van der Waals surface area contributed by atoms with Gasteiger partial charge in [0, 0.05) is 30.6 Å². The maximum Gasteiger partial charge on any atom is 0.325 e. The number of methoxy groups -OCH3 is 2. The van der Waals surface area contributed by atoms with Gasteiger partial charge in [-0.2, -0.15) is 10.1 Å². The van der Waals surface area contributed by atoms with Crippen molar-refractivity contribution < 1.29 is 19.4 Å². The van der Waals surface area contributed by atoms with Crippen molar-refractivity contribution in [3.05, 3.63) is 36.2 Å². The van der Waals surface area contributed by atoms with Crippen LogP contribution < -0.4 is 9.47 Å². The lowest BCUT2D eigenvalue weighted by molar-refractivity contribution is -0.144. The van der Waals surface area contributed by atoms with Crippen molar-refractivity contribution in [2.24, 2.45) is 5.92 Å². The van der Waals surface area contributed by atoms with Gasteiger partial charge in [-0.15, -0.1) is 0 Å². The monoisotopic (exact) mass is 360 g/mol. The van der Waals surface area contributed by atoms with Crippen molar-refractivity contribution >= 4 is 5.97 Å². The molecule has 0 spiro atoms. The molecule has 1 saturated heterocycles. The van der Waals surface area contributed by atoms with Crippen LogP contribution in [0.3, 0.4) is 0 Å². The first kappa shape index (κ1) is 18.2. The molecule has 1 fully saturated rings. The molecule has 0 bridgehead atoms. The molecule has 0 aromatic carbocycles. The highest BCUT2D eigenvalue weighted by Gasteiger charge is 2.33. The average molecular weight is 360 g/mol. The van der Waals surface area contributed by atoms with E-state index in [1.807, 2.05) is 21.8 Å². The molecule has 2 aromatic heterocycles. The summed E-state index contributed by atoms with van der Waals surface area (Å²) in [6.45, 7) is 2.28. The molecule has 8 nitrogen and oxygen atoms in total. The lowest BCUT2D eigenvalue weighted by atomic mass is 9.94. The van der Waals surface area contributed by atoms with Gasteiger partial charge in [0.05, 0.1) is 14.2 Å². The Kier molecular flexibility index (Phi) is 5.72. The second-order valence-corrected chi connectivity index (χ2v) is 6.40. The summed E-state index contributed by atoms with van der Waals surface area (Å²) in [6.07, 6.45) is 5.59. The molecule has 26 heavy (non-hydrogen) atoms. The van der Waals surface area contributed by atoms with Crippen molar-refractivity contribution in [3.63, 3.8) is 0 Å². The van der Waals surface area contributed by atoms with E-state index in [0.717, 1.165) is 19.4 Å². The summed E-state index contributed by atoms with van der Waals surface area (Å²) in [5, 5.41) is 14.1. The molecule has 1 atom stereocenters. The van der Waals surface area contributed by atoms with E-state index in [4.69, 9.17) is 9.47 Å². The Morgan fingerprint density at radius 3 is 2.65 bits per heavy atom. The number of likely N-dealkylation sites (tertiary alicyclic amines) is 1. The van der Waals surface area contributed by atoms with E-state index < -0.39 is 12.0 Å². The number of carbonyl (C=O) groups is 1. The van der Waals surface area contributed by atoms with E-state index in [1.165, 1.54) is 14.2 Å². The highest BCUT2D eigenvalue weighted by atomic mass is 16.5. The Bertz CT molecular complexity index is 727. The van der Waals surface area contributed by atoms with Crippen LogP contribution in [-0.2, 0) is 11.3 Å². The number of rotatable bonds is 7. The van der Waals surface area contributed by atoms with E-state index in [-0.39, 0.29) is 5.88 Å². The zero-order chi connectivity index (χ0) is 18.5. The number of carboxylic acid groups (broad SMARTS) is 1. The molecule has 0 radical (unpaired) electrons. The van der Waals surface area contributed by atoms with E-state index in [0.29, 0.717) is 30.5 Å². The molecule has 1 aliphatic rings. The largest absolute Gasteiger partial charge is 0.481 e. The molecule has 3 rings (SSSR count). The standard InChI is InChI=1S/C18H24N4O4/c1-25-15-5-4-14(17(20-15)26-2)16(18(23)24)21-10-6-13(7-11-21)12-22-9-3-8-19-22/h3-5,8-9,13,16H,6-7,10-12H2,1-2H3,(H,23,24)/t16-/m0/s1. The first-order valence-corrected chi connectivity index (χ1v) is 8.65. The van der Waals surface area contributed by atoms with Gasteiger partial charge in [-0.3, -0.25) is 14.4 Å². The van der Waals surface area contributed by atoms with Gasteiger partial charge in [0.15, 0.2) is 0 Å². The number of nitrogens with zero attached hydrogens (tertiary/aromatic N) is 4. The van der Waals surface area contributed by atoms with E-state index in [2.05, 4.69) is 10.1 Å². The van der Waals surface area contributed by atoms with Crippen LogP contribution in [0.25, 0.3) is 0 Å². The fourth-order valence-electron chi connectivity index (χ4n) is 3.47. The molecule has 0 amide bonds. The lowest BCUT2D eigenvalue weighted by Crippen LogP contribution is -2.41. The van der Waals surface area contributed by atoms with Gasteiger partial charge >= 0.3 is 5.97 Å². The first-order chi connectivity index (χ1) is 12.6. The molecule has 2 aromatic rings. The van der Waals surface area contributed by atoms with Gasteiger partial charge in [0.1, 0.15) is 6.04 Å². The SMILES string of the molecule is COc1ccc([C@@H](C(=O)O)N2CCC(Cn3cccn3)CC2)c(OC)n1. The first-order valence-electron chi connectivity index (χ1n) is 8.65. The average Bonchev–Trinajstić information content (AvgIpc) is 3.16. The van der Waals surface area contributed by atoms with Crippen molar-refractivity contribution in [1.82, 2.24) is 19.7 Å². The minimum absolute atomic E-state index is 0.287. The van der Waals surface area contributed by atoms with E-state index in [1.54, 1.807) is 18.3 Å². The highest BCUT2D eigenvalue weighted by molar-refractivity contribution is 5.76. The van der Waals surface area contributed by atoms with Gasteiger partial charge in [-0.1, -0.05) is 0 Å². The third-order valence-electron chi connectivity index (χ3n) is 4.81. The van der Waals surface area contributed by atoms with Crippen LogP contribution in [0.2, 0.25) is 0 Å². The van der Waals surface area contributed by atoms with Crippen molar-refractivity contribution in [3.8, 4) is 11.8 Å². The Morgan fingerprint density at radius 2 is 2.08 bits per heavy atom. The van der Waals surface area contributed by atoms with Crippen LogP contribution in [0.5, 0.6) is 11.8 Å². The number of piperidine rings is 1. The number of hydrogen-bond donors (Lipinski definition) is 1. The van der Waals surface area contributed by atoms with Crippen molar-refractivity contribution in [2.75, 3.05) is 27.3 Å². The van der Waals surface area contributed by atoms with Crippen LogP contribution >= 0.6 is 0 Å². The number of aromatic nitrogens is 3. The van der Waals surface area contributed by atoms with Crippen molar-refractivity contribution in [2.45, 2.75) is 25.4 Å². The zero-order valence-corrected chi connectivity index (χ0v) is 15.0. The number of ether oxygens (including phenoxy) is 2. The van der Waals surface area contributed by atoms with Crippen LogP contribution in [0.15, 0.2) is 30.6 Å². The fraction of sp³-hybridized carbons (Fsp3) is 0.500. The summed E-state index contributed by atoms with van der Waals surface area (Å²) in [5.41, 5.74) is 0.548. The second-order valence-electron chi connectivity index (χ2n) is 6.40. The van der Waals surface area contributed by atoms with Crippen molar-refractivity contribution in [1.29, 1.82) is 0 Å². The van der Waals surface area contributed by atoms with Gasteiger partial charge < -0.3 is 14.6 Å². The summed E-state index contributed by atoms with van der Waals surface area (Å²) in [4.78, 5) is 18.2. The minimum Gasteiger partial charge on any atom is -0.481 e. The molecule has 1 N–H and O–H groups in total. The predicted octanol–water partition coefficient (Wildman–Crippen LogP) is 1.83. The van der Waals surface area contributed by atoms with E-state index >= 15 is 0 Å². The maximum absolute atomic E-state index is 12.0. The summed E-state index contributed by atoms with van der Waals surface area (Å²) in [7, 11) is 3.00. The molecule has 8 heteroatoms. The third kappa shape index (κ3) is 3.96. The topological polar surface area (TPSA) is 89.7 Å². The normalized spacial score (nSPS) is 17.0. The second kappa shape index (κ2) is 8.18. The van der Waals surface area contributed by atoms with Gasteiger partial charge in [-0.05, 0) is 44.0 Å². The molecule has 0 saturated carbocycles. The number of hydrogen-bond acceptors (Lipinski definition) is 6. The molecule has 0 aliphatic carbocycles. The summed E-state index contributed by atoms with van der Waals surface area (Å²) < 4.78 is 12.3. The molecule has 3 heterocycles. The van der Waals surface area contributed by atoms with Crippen LogP contribution in [0.4, 0.5) is 0 Å². The zero-order valence-electron chi connectivity index (χ0n) is 15.0. The Hall–Kier alpha value is -2.61. The van der Waals surface area contributed by atoms with Crippen LogP contribution in [-0.4, -0.2) is 58.0 Å². The molecular formula is C18H24N4O4. The number of aliphatic carboxylic acids is 1. The van der Waals surface area contributed by atoms with Crippen LogP contribution in [0.1, 0.15) is 24.4 Å². The van der Waals surface area contributed by atoms with Gasteiger partial charge in [-0.25, -0.2) is 0 Å². The quantitative estimate of drug-likeness (QED) is 0.806. The van der Waals surface area contributed by atoms with E-state index in [9.17, 15) is 9.90 Å². The smallest absolute Gasteiger partial charge is 0.325 e. The summed E-state index contributed by atoms with van der Waals surface area (Å²) in [6, 6.07) is 4.52. The fourth-order valence-corrected chi connectivity index (χ4v) is 3.47. The Balaban J connectivity index is 1.72. The van der Waals surface area contributed by atoms with Gasteiger partial charge in [0.25, 0.3) is 0 Å². The predicted molar refractivity (Wildman–Crippen MR) is 94.2 cm³/mol. The maximum atomic E-state index is 12.0. The van der Waals surface area contributed by atoms with Crippen LogP contribution in [0, 0.1) is 5.92 Å². The highest BCUT2D eigenvalue weighted by Crippen LogP contribution is 2.33. The molecule has 1 aliphatic heterocycles. The third-order valence-corrected chi connectivity index (χ3v) is 4.81. The summed E-state index contributed by atoms with van der Waals surface area (Å²) >= 11 is 0. The van der Waals surface area contributed by atoms with Gasteiger partial charge in [0.2, 0.25) is 11.8 Å². The Labute approximate surface area is 152 Å². The molecular weight excluding hydrogens is 336 g/mol. The summed E-state index contributed by atoms with van der Waals surface area (Å²) in [5.74, 6) is 0.278. The molecule has 0 unspecified atom stereocenters. The number of pyridine rings is 1. The Morgan fingerprint density at radius 1 is 1.31 bits per heavy atom. The lowest BCUT2D eigenvalue weighted by Gasteiger charge is -2.36. The minimum atomic E-state index is -0.902. The molecule has 140 valence electrons.